The van der Waals surface area contributed by atoms with Crippen LogP contribution in [0, 0.1) is 0 Å². The van der Waals surface area contributed by atoms with Crippen molar-refractivity contribution >= 4 is 17.9 Å². The Labute approximate surface area is 446 Å². The molecular weight excluding hydrogens is 889 g/mol. The van der Waals surface area contributed by atoms with E-state index in [2.05, 4.69) is 93.7 Å². The minimum Gasteiger partial charge on any atom is -0.462 e. The monoisotopic (exact) mass is 1000 g/mol. The van der Waals surface area contributed by atoms with Crippen molar-refractivity contribution in [1.82, 2.24) is 0 Å². The van der Waals surface area contributed by atoms with Crippen LogP contribution in [0.2, 0.25) is 0 Å². The highest BCUT2D eigenvalue weighted by atomic mass is 16.6. The molecule has 0 unspecified atom stereocenters. The SMILES string of the molecule is CC/C=C/C/C=C/C/C=C/C/C=C/C/C=C/CCCC(=O)OC[C@H](COC(=O)CCCCCCCCCCC/C=C/CCCCCCCC)OC(=O)CCCCCCCCCCCCCCCCCCCC. The molecule has 0 aliphatic rings. The van der Waals surface area contributed by atoms with Gasteiger partial charge in [0.25, 0.3) is 0 Å². The molecule has 6 nitrogen and oxygen atoms in total. The van der Waals surface area contributed by atoms with Crippen molar-refractivity contribution in [3.63, 3.8) is 0 Å². The Kier molecular flexibility index (Phi) is 57.8. The molecule has 0 aromatic carbocycles. The normalized spacial score (nSPS) is 12.5. The first-order valence-electron chi connectivity index (χ1n) is 30.9. The maximum Gasteiger partial charge on any atom is 0.306 e. The van der Waals surface area contributed by atoms with Crippen LogP contribution < -0.4 is 0 Å². The molecule has 416 valence electrons. The maximum atomic E-state index is 12.9. The van der Waals surface area contributed by atoms with E-state index in [4.69, 9.17) is 14.2 Å². The van der Waals surface area contributed by atoms with Crippen LogP contribution in [0.15, 0.2) is 72.9 Å². The van der Waals surface area contributed by atoms with E-state index >= 15 is 0 Å². The summed E-state index contributed by atoms with van der Waals surface area (Å²) in [5.74, 6) is -0.939. The van der Waals surface area contributed by atoms with Crippen molar-refractivity contribution in [3.05, 3.63) is 72.9 Å². The van der Waals surface area contributed by atoms with Gasteiger partial charge in [-0.1, -0.05) is 280 Å². The fraction of sp³-hybridized carbons (Fsp3) is 0.773. The molecule has 0 aromatic heterocycles. The zero-order valence-corrected chi connectivity index (χ0v) is 47.7. The molecule has 0 heterocycles. The number of ether oxygens (including phenoxy) is 3. The quantitative estimate of drug-likeness (QED) is 0.0261. The van der Waals surface area contributed by atoms with Gasteiger partial charge in [-0.25, -0.2) is 0 Å². The second kappa shape index (κ2) is 60.4. The number of allylic oxidation sites excluding steroid dienone is 12. The lowest BCUT2D eigenvalue weighted by atomic mass is 10.0. The topological polar surface area (TPSA) is 78.9 Å². The number of rotatable bonds is 56. The van der Waals surface area contributed by atoms with Crippen LogP contribution in [0.3, 0.4) is 0 Å². The van der Waals surface area contributed by atoms with Gasteiger partial charge in [0, 0.05) is 19.3 Å². The summed E-state index contributed by atoms with van der Waals surface area (Å²) in [4.78, 5) is 38.3. The molecule has 1 atom stereocenters. The smallest absolute Gasteiger partial charge is 0.306 e. The molecule has 0 spiro atoms. The highest BCUT2D eigenvalue weighted by Gasteiger charge is 2.19. The fourth-order valence-electron chi connectivity index (χ4n) is 8.83. The number of hydrogen-bond acceptors (Lipinski definition) is 6. The highest BCUT2D eigenvalue weighted by Crippen LogP contribution is 2.17. The van der Waals surface area contributed by atoms with Gasteiger partial charge in [0.05, 0.1) is 0 Å². The van der Waals surface area contributed by atoms with Gasteiger partial charge in [-0.15, -0.1) is 0 Å². The summed E-state index contributed by atoms with van der Waals surface area (Å²) < 4.78 is 16.9. The van der Waals surface area contributed by atoms with Crippen LogP contribution in [0.1, 0.15) is 310 Å². The lowest BCUT2D eigenvalue weighted by Crippen LogP contribution is -2.30. The number of hydrogen-bond donors (Lipinski definition) is 0. The molecule has 0 radical (unpaired) electrons. The minimum atomic E-state index is -0.798. The molecule has 72 heavy (non-hydrogen) atoms. The molecule has 0 rings (SSSR count). The number of carbonyl (C=O) groups excluding carboxylic acids is 3. The third-order valence-electron chi connectivity index (χ3n) is 13.4. The predicted molar refractivity (Wildman–Crippen MR) is 311 cm³/mol. The van der Waals surface area contributed by atoms with Crippen molar-refractivity contribution in [2.75, 3.05) is 13.2 Å². The Bertz CT molecular complexity index is 1340. The Balaban J connectivity index is 4.42. The van der Waals surface area contributed by atoms with E-state index in [-0.39, 0.29) is 37.5 Å². The largest absolute Gasteiger partial charge is 0.462 e. The van der Waals surface area contributed by atoms with Crippen LogP contribution >= 0.6 is 0 Å². The van der Waals surface area contributed by atoms with Crippen molar-refractivity contribution < 1.29 is 28.6 Å². The number of esters is 3. The van der Waals surface area contributed by atoms with Crippen molar-refractivity contribution in [1.29, 1.82) is 0 Å². The van der Waals surface area contributed by atoms with E-state index in [0.717, 1.165) is 77.0 Å². The molecule has 6 heteroatoms. The zero-order chi connectivity index (χ0) is 52.2. The van der Waals surface area contributed by atoms with E-state index in [1.807, 2.05) is 0 Å². The number of carbonyl (C=O) groups is 3. The average Bonchev–Trinajstić information content (AvgIpc) is 3.38. The van der Waals surface area contributed by atoms with Crippen LogP contribution in [-0.2, 0) is 28.6 Å². The standard InChI is InChI=1S/C66H116O6/c1-4-7-10-13-16-19-22-25-28-31-33-36-38-41-44-47-50-53-56-59-65(68)71-62-63(61-70-64(67)58-55-52-49-46-43-40-37-34-30-27-24-21-18-15-12-9-6-3)72-66(69)60-57-54-51-48-45-42-39-35-32-29-26-23-20-17-14-11-8-5-2/h9,12,18,21,25,27-28,30,37,40,46,49,63H,4-8,10-11,13-17,19-20,22-24,26,29,31-36,38-39,41-45,47-48,50-62H2,1-3H3/b12-9+,21-18+,28-25+,30-27+,40-37+,49-46+/t63-/m1/s1. The second-order valence-corrected chi connectivity index (χ2v) is 20.6. The lowest BCUT2D eigenvalue weighted by Gasteiger charge is -2.18. The van der Waals surface area contributed by atoms with E-state index in [0.29, 0.717) is 19.3 Å². The van der Waals surface area contributed by atoms with Crippen LogP contribution in [0.5, 0.6) is 0 Å². The maximum absolute atomic E-state index is 12.9. The molecule has 0 saturated carbocycles. The average molecular weight is 1010 g/mol. The summed E-state index contributed by atoms with van der Waals surface area (Å²) >= 11 is 0. The van der Waals surface area contributed by atoms with E-state index in [1.165, 1.54) is 186 Å². The van der Waals surface area contributed by atoms with Crippen LogP contribution in [-0.4, -0.2) is 37.2 Å². The third kappa shape index (κ3) is 57.7. The highest BCUT2D eigenvalue weighted by molar-refractivity contribution is 5.71. The second-order valence-electron chi connectivity index (χ2n) is 20.6. The molecule has 0 N–H and O–H groups in total. The molecule has 0 aliphatic heterocycles. The molecule has 0 aliphatic carbocycles. The Morgan fingerprint density at radius 1 is 0.292 bits per heavy atom. The first-order valence-corrected chi connectivity index (χ1v) is 30.9. The summed E-state index contributed by atoms with van der Waals surface area (Å²) in [6.07, 6.45) is 77.6. The predicted octanol–water partition coefficient (Wildman–Crippen LogP) is 20.9. The third-order valence-corrected chi connectivity index (χ3v) is 13.4. The zero-order valence-electron chi connectivity index (χ0n) is 47.7. The van der Waals surface area contributed by atoms with E-state index < -0.39 is 6.10 Å². The van der Waals surface area contributed by atoms with Crippen LogP contribution in [0.25, 0.3) is 0 Å². The summed E-state index contributed by atoms with van der Waals surface area (Å²) in [5.41, 5.74) is 0. The van der Waals surface area contributed by atoms with Gasteiger partial charge in [-0.05, 0) is 83.5 Å². The lowest BCUT2D eigenvalue weighted by molar-refractivity contribution is -0.167. The first-order chi connectivity index (χ1) is 35.5. The van der Waals surface area contributed by atoms with Gasteiger partial charge in [-0.2, -0.15) is 0 Å². The van der Waals surface area contributed by atoms with E-state index in [1.54, 1.807) is 0 Å². The Hall–Kier alpha value is -3.15. The molecule has 0 amide bonds. The van der Waals surface area contributed by atoms with Crippen molar-refractivity contribution in [2.24, 2.45) is 0 Å². The first kappa shape index (κ1) is 68.8. The molecule has 0 fully saturated rings. The Morgan fingerprint density at radius 3 is 0.917 bits per heavy atom. The van der Waals surface area contributed by atoms with Gasteiger partial charge in [0.1, 0.15) is 13.2 Å². The minimum absolute atomic E-state index is 0.0913. The van der Waals surface area contributed by atoms with Crippen molar-refractivity contribution in [2.45, 2.75) is 316 Å². The van der Waals surface area contributed by atoms with Crippen LogP contribution in [0.4, 0.5) is 0 Å². The Morgan fingerprint density at radius 2 is 0.556 bits per heavy atom. The molecule has 0 bridgehead atoms. The summed E-state index contributed by atoms with van der Waals surface area (Å²) in [7, 11) is 0. The number of unbranched alkanes of at least 4 members (excludes halogenated alkanes) is 33. The van der Waals surface area contributed by atoms with E-state index in [9.17, 15) is 14.4 Å². The molecule has 0 aromatic rings. The molecule has 0 saturated heterocycles. The fourth-order valence-corrected chi connectivity index (χ4v) is 8.83. The van der Waals surface area contributed by atoms with Crippen molar-refractivity contribution in [3.8, 4) is 0 Å². The van der Waals surface area contributed by atoms with Gasteiger partial charge in [0.15, 0.2) is 6.10 Å². The summed E-state index contributed by atoms with van der Waals surface area (Å²) in [6, 6.07) is 0. The summed E-state index contributed by atoms with van der Waals surface area (Å²) in [6.45, 7) is 6.51. The van der Waals surface area contributed by atoms with Gasteiger partial charge < -0.3 is 14.2 Å². The molecular formula is C66H116O6. The van der Waals surface area contributed by atoms with Gasteiger partial charge in [0.2, 0.25) is 0 Å². The van der Waals surface area contributed by atoms with Gasteiger partial charge in [-0.3, -0.25) is 14.4 Å². The van der Waals surface area contributed by atoms with Gasteiger partial charge >= 0.3 is 17.9 Å². The summed E-state index contributed by atoms with van der Waals surface area (Å²) in [5, 5.41) is 0.